The van der Waals surface area contributed by atoms with E-state index in [1.54, 1.807) is 24.7 Å². The topological polar surface area (TPSA) is 42.7 Å². The molecular formula is C25H24ClFN4. The summed E-state index contributed by atoms with van der Waals surface area (Å²) in [6.45, 7) is 0.552. The second kappa shape index (κ2) is 8.67. The van der Waals surface area contributed by atoms with Crippen molar-refractivity contribution in [2.75, 3.05) is 5.32 Å². The van der Waals surface area contributed by atoms with Crippen LogP contribution in [0.1, 0.15) is 37.7 Å². The lowest BCUT2D eigenvalue weighted by molar-refractivity contribution is 0.462. The Morgan fingerprint density at radius 3 is 2.74 bits per heavy atom. The van der Waals surface area contributed by atoms with Gasteiger partial charge in [0.1, 0.15) is 11.6 Å². The molecule has 1 aliphatic carbocycles. The number of hydrogen-bond donors (Lipinski definition) is 1. The van der Waals surface area contributed by atoms with Crippen LogP contribution in [0.5, 0.6) is 0 Å². The monoisotopic (exact) mass is 434 g/mol. The molecule has 4 nitrogen and oxygen atoms in total. The van der Waals surface area contributed by atoms with E-state index in [1.807, 2.05) is 28.8 Å². The van der Waals surface area contributed by atoms with Crippen molar-refractivity contribution in [2.45, 2.75) is 44.7 Å². The van der Waals surface area contributed by atoms with E-state index in [0.29, 0.717) is 17.6 Å². The summed E-state index contributed by atoms with van der Waals surface area (Å²) >= 11 is 6.53. The van der Waals surface area contributed by atoms with Crippen LogP contribution in [0.25, 0.3) is 22.2 Å². The van der Waals surface area contributed by atoms with Gasteiger partial charge in [0.05, 0.1) is 22.4 Å². The fourth-order valence-electron chi connectivity index (χ4n) is 4.38. The van der Waals surface area contributed by atoms with Crippen LogP contribution in [0.15, 0.2) is 61.1 Å². The predicted octanol–water partition coefficient (Wildman–Crippen LogP) is 6.68. The number of nitrogens with one attached hydrogen (secondary N) is 1. The molecule has 2 aromatic heterocycles. The lowest BCUT2D eigenvalue weighted by Gasteiger charge is -2.23. The Kier molecular flexibility index (Phi) is 5.60. The SMILES string of the molecule is Fc1cccc(Cn2cnc3ccc(-c4cc(NC5CCCCC5)ncc4Cl)cc32)c1. The average molecular weight is 435 g/mol. The first-order valence-electron chi connectivity index (χ1n) is 10.8. The molecule has 5 rings (SSSR count). The van der Waals surface area contributed by atoms with E-state index in [1.165, 1.54) is 38.2 Å². The summed E-state index contributed by atoms with van der Waals surface area (Å²) in [6.07, 6.45) is 9.74. The smallest absolute Gasteiger partial charge is 0.126 e. The second-order valence-corrected chi connectivity index (χ2v) is 8.64. The van der Waals surface area contributed by atoms with Gasteiger partial charge in [0.15, 0.2) is 0 Å². The van der Waals surface area contributed by atoms with Crippen LogP contribution < -0.4 is 5.32 Å². The van der Waals surface area contributed by atoms with Crippen LogP contribution in [-0.2, 0) is 6.54 Å². The molecule has 0 saturated heterocycles. The van der Waals surface area contributed by atoms with Crippen molar-refractivity contribution < 1.29 is 4.39 Å². The zero-order valence-corrected chi connectivity index (χ0v) is 17.9. The van der Waals surface area contributed by atoms with Crippen molar-refractivity contribution in [2.24, 2.45) is 0 Å². The highest BCUT2D eigenvalue weighted by Gasteiger charge is 2.15. The van der Waals surface area contributed by atoms with Crippen LogP contribution in [0.2, 0.25) is 5.02 Å². The van der Waals surface area contributed by atoms with E-state index in [-0.39, 0.29) is 5.82 Å². The molecule has 1 aliphatic rings. The highest BCUT2D eigenvalue weighted by molar-refractivity contribution is 6.33. The highest BCUT2D eigenvalue weighted by Crippen LogP contribution is 2.32. The summed E-state index contributed by atoms with van der Waals surface area (Å²) < 4.78 is 15.6. The number of nitrogens with zero attached hydrogens (tertiary/aromatic N) is 3. The second-order valence-electron chi connectivity index (χ2n) is 8.23. The van der Waals surface area contributed by atoms with Crippen LogP contribution in [-0.4, -0.2) is 20.6 Å². The Morgan fingerprint density at radius 1 is 1.03 bits per heavy atom. The van der Waals surface area contributed by atoms with Crippen LogP contribution in [0.4, 0.5) is 10.2 Å². The minimum Gasteiger partial charge on any atom is -0.367 e. The van der Waals surface area contributed by atoms with Gasteiger partial charge in [0.2, 0.25) is 0 Å². The van der Waals surface area contributed by atoms with E-state index in [2.05, 4.69) is 21.4 Å². The summed E-state index contributed by atoms with van der Waals surface area (Å²) in [5, 5.41) is 4.19. The molecule has 4 aromatic rings. The number of imidazole rings is 1. The molecule has 6 heteroatoms. The molecule has 31 heavy (non-hydrogen) atoms. The van der Waals surface area contributed by atoms with Crippen molar-refractivity contribution >= 4 is 28.5 Å². The van der Waals surface area contributed by atoms with Gasteiger partial charge in [-0.15, -0.1) is 0 Å². The Hall–Kier alpha value is -2.92. The van der Waals surface area contributed by atoms with Gasteiger partial charge < -0.3 is 9.88 Å². The number of hydrogen-bond acceptors (Lipinski definition) is 3. The maximum Gasteiger partial charge on any atom is 0.126 e. The van der Waals surface area contributed by atoms with Crippen molar-refractivity contribution in [3.63, 3.8) is 0 Å². The van der Waals surface area contributed by atoms with Gasteiger partial charge in [0.25, 0.3) is 0 Å². The first-order chi connectivity index (χ1) is 15.2. The van der Waals surface area contributed by atoms with Crippen LogP contribution in [0, 0.1) is 5.82 Å². The average Bonchev–Trinajstić information content (AvgIpc) is 3.18. The van der Waals surface area contributed by atoms with Crippen molar-refractivity contribution in [1.82, 2.24) is 14.5 Å². The third-order valence-corrected chi connectivity index (χ3v) is 6.29. The molecule has 0 aliphatic heterocycles. The minimum absolute atomic E-state index is 0.232. The number of benzene rings is 2. The summed E-state index contributed by atoms with van der Waals surface area (Å²) in [5.41, 5.74) is 4.72. The van der Waals surface area contributed by atoms with E-state index in [9.17, 15) is 4.39 Å². The zero-order valence-electron chi connectivity index (χ0n) is 17.2. The number of fused-ring (bicyclic) bond motifs is 1. The fourth-order valence-corrected chi connectivity index (χ4v) is 4.59. The number of anilines is 1. The molecule has 158 valence electrons. The first kappa shape index (κ1) is 20.0. The normalized spacial score (nSPS) is 14.8. The zero-order chi connectivity index (χ0) is 21.2. The van der Waals surface area contributed by atoms with E-state index >= 15 is 0 Å². The highest BCUT2D eigenvalue weighted by atomic mass is 35.5. The maximum absolute atomic E-state index is 13.6. The standard InChI is InChI=1S/C25H24ClFN4/c26-22-14-28-25(30-20-7-2-1-3-8-20)13-21(22)18-9-10-23-24(12-18)31(16-29-23)15-17-5-4-6-19(27)11-17/h4-6,9-14,16,20H,1-3,7-8,15H2,(H,28,30). The number of rotatable bonds is 5. The van der Waals surface area contributed by atoms with Gasteiger partial charge in [-0.1, -0.05) is 49.1 Å². The van der Waals surface area contributed by atoms with Gasteiger partial charge in [-0.3, -0.25) is 0 Å². The molecule has 2 heterocycles. The molecular weight excluding hydrogens is 411 g/mol. The molecule has 2 aromatic carbocycles. The Morgan fingerprint density at radius 2 is 1.90 bits per heavy atom. The quantitative estimate of drug-likeness (QED) is 0.380. The minimum atomic E-state index is -0.232. The van der Waals surface area contributed by atoms with Gasteiger partial charge >= 0.3 is 0 Å². The Labute approximate surface area is 186 Å². The number of halogens is 2. The summed E-state index contributed by atoms with van der Waals surface area (Å²) in [6, 6.07) is 15.3. The van der Waals surface area contributed by atoms with Crippen molar-refractivity contribution in [3.8, 4) is 11.1 Å². The molecule has 0 spiro atoms. The fraction of sp³-hybridized carbons (Fsp3) is 0.280. The third-order valence-electron chi connectivity index (χ3n) is 5.99. The van der Waals surface area contributed by atoms with Gasteiger partial charge in [0, 0.05) is 24.3 Å². The molecule has 0 bridgehead atoms. The van der Waals surface area contributed by atoms with E-state index in [4.69, 9.17) is 11.6 Å². The summed E-state index contributed by atoms with van der Waals surface area (Å²) in [7, 11) is 0. The third kappa shape index (κ3) is 4.42. The molecule has 1 fully saturated rings. The summed E-state index contributed by atoms with van der Waals surface area (Å²) in [4.78, 5) is 9.00. The Bertz CT molecular complexity index is 1210. The van der Waals surface area contributed by atoms with E-state index < -0.39 is 0 Å². The summed E-state index contributed by atoms with van der Waals surface area (Å²) in [5.74, 6) is 0.629. The Balaban J connectivity index is 1.46. The van der Waals surface area contributed by atoms with Gasteiger partial charge in [-0.05, 0) is 54.3 Å². The van der Waals surface area contributed by atoms with Crippen LogP contribution in [0.3, 0.4) is 0 Å². The number of aromatic nitrogens is 3. The molecule has 0 radical (unpaired) electrons. The van der Waals surface area contributed by atoms with Crippen molar-refractivity contribution in [3.05, 3.63) is 77.5 Å². The number of pyridine rings is 1. The molecule has 0 amide bonds. The van der Waals surface area contributed by atoms with E-state index in [0.717, 1.165) is 33.5 Å². The van der Waals surface area contributed by atoms with Gasteiger partial charge in [-0.25, -0.2) is 14.4 Å². The molecule has 1 N–H and O–H groups in total. The predicted molar refractivity (Wildman–Crippen MR) is 124 cm³/mol. The molecule has 0 atom stereocenters. The largest absolute Gasteiger partial charge is 0.367 e. The lowest BCUT2D eigenvalue weighted by Crippen LogP contribution is -2.22. The van der Waals surface area contributed by atoms with Gasteiger partial charge in [-0.2, -0.15) is 0 Å². The van der Waals surface area contributed by atoms with Crippen LogP contribution >= 0.6 is 11.6 Å². The molecule has 1 saturated carbocycles. The first-order valence-corrected chi connectivity index (χ1v) is 11.2. The maximum atomic E-state index is 13.6. The molecule has 0 unspecified atom stereocenters. The lowest BCUT2D eigenvalue weighted by atomic mass is 9.95. The van der Waals surface area contributed by atoms with Crippen molar-refractivity contribution in [1.29, 1.82) is 0 Å².